The van der Waals surface area contributed by atoms with Gasteiger partial charge in [0.05, 0.1) is 18.7 Å². The summed E-state index contributed by atoms with van der Waals surface area (Å²) < 4.78 is 0. The van der Waals surface area contributed by atoms with Crippen molar-refractivity contribution < 1.29 is 34.2 Å². The molecule has 2 rings (SSSR count). The Morgan fingerprint density at radius 2 is 1.33 bits per heavy atom. The number of nitrogens with two attached hydrogens (primary N) is 2. The monoisotopic (exact) mass is 549 g/mol. The van der Waals surface area contributed by atoms with Crippen molar-refractivity contribution in [3.8, 4) is 0 Å². The molecule has 0 aliphatic carbocycles. The molecule has 11 N–H and O–H groups in total. The van der Waals surface area contributed by atoms with E-state index in [0.29, 0.717) is 37.2 Å². The highest BCUT2D eigenvalue weighted by atomic mass is 16.4. The molecule has 0 fully saturated rings. The average Bonchev–Trinajstić information content (AvgIpc) is 3.59. The summed E-state index contributed by atoms with van der Waals surface area (Å²) in [6.45, 7) is 0.433. The van der Waals surface area contributed by atoms with E-state index in [1.165, 1.54) is 25.0 Å². The normalized spacial score (nSPS) is 14.0. The number of carboxylic acid groups (broad SMARTS) is 2. The molecule has 0 aromatic carbocycles. The molecule has 4 atom stereocenters. The van der Waals surface area contributed by atoms with Crippen LogP contribution in [-0.2, 0) is 36.8 Å². The highest BCUT2D eigenvalue weighted by Crippen LogP contribution is 2.06. The zero-order valence-electron chi connectivity index (χ0n) is 21.3. The van der Waals surface area contributed by atoms with Gasteiger partial charge in [-0.15, -0.1) is 0 Å². The summed E-state index contributed by atoms with van der Waals surface area (Å²) in [7, 11) is 0. The van der Waals surface area contributed by atoms with Crippen molar-refractivity contribution in [2.24, 2.45) is 11.5 Å². The average molecular weight is 550 g/mol. The van der Waals surface area contributed by atoms with E-state index < -0.39 is 60.2 Å². The van der Waals surface area contributed by atoms with Crippen LogP contribution in [0.15, 0.2) is 25.0 Å². The Balaban J connectivity index is 2.17. The molecule has 2 heterocycles. The number of amides is 3. The molecule has 39 heavy (non-hydrogen) atoms. The van der Waals surface area contributed by atoms with Crippen molar-refractivity contribution >= 4 is 29.7 Å². The van der Waals surface area contributed by atoms with Crippen LogP contribution in [0.4, 0.5) is 0 Å². The van der Waals surface area contributed by atoms with Crippen LogP contribution < -0.4 is 27.4 Å². The summed E-state index contributed by atoms with van der Waals surface area (Å²) in [5.74, 6) is -4.80. The number of aromatic amines is 2. The van der Waals surface area contributed by atoms with Crippen molar-refractivity contribution in [2.45, 2.75) is 69.1 Å². The Hall–Kier alpha value is -4.31. The molecule has 16 nitrogen and oxygen atoms in total. The van der Waals surface area contributed by atoms with Crippen LogP contribution in [0.5, 0.6) is 0 Å². The van der Waals surface area contributed by atoms with E-state index in [-0.39, 0.29) is 19.3 Å². The summed E-state index contributed by atoms with van der Waals surface area (Å²) in [5, 5.41) is 26.1. The smallest absolute Gasteiger partial charge is 0.326 e. The molecular formula is C23H35N9O7. The maximum atomic E-state index is 13.2. The molecule has 2 aromatic heterocycles. The van der Waals surface area contributed by atoms with Gasteiger partial charge in [-0.25, -0.2) is 14.8 Å². The lowest BCUT2D eigenvalue weighted by Gasteiger charge is -2.25. The zero-order valence-corrected chi connectivity index (χ0v) is 21.3. The fourth-order valence-electron chi connectivity index (χ4n) is 3.64. The lowest BCUT2D eigenvalue weighted by atomic mass is 10.1. The van der Waals surface area contributed by atoms with Gasteiger partial charge in [-0.2, -0.15) is 0 Å². The second-order valence-electron chi connectivity index (χ2n) is 8.91. The largest absolute Gasteiger partial charge is 0.481 e. The van der Waals surface area contributed by atoms with E-state index in [4.69, 9.17) is 16.6 Å². The first-order valence-corrected chi connectivity index (χ1v) is 12.4. The van der Waals surface area contributed by atoms with Crippen molar-refractivity contribution in [3.63, 3.8) is 0 Å². The van der Waals surface area contributed by atoms with E-state index in [1.807, 2.05) is 0 Å². The van der Waals surface area contributed by atoms with Crippen LogP contribution in [0.3, 0.4) is 0 Å². The van der Waals surface area contributed by atoms with E-state index in [9.17, 15) is 29.1 Å². The number of imidazole rings is 2. The lowest BCUT2D eigenvalue weighted by molar-refractivity contribution is -0.142. The maximum Gasteiger partial charge on any atom is 0.326 e. The van der Waals surface area contributed by atoms with Gasteiger partial charge in [-0.1, -0.05) is 6.42 Å². The standard InChI is InChI=1S/C23H35N9O7/c24-6-2-1-3-15(25)20(35)30-16(4-5-19(33)34)21(36)31-17(7-13-9-26-11-28-13)22(37)32-18(23(38)39)8-14-10-27-12-29-14/h9-12,15-18H,1-8,24-25H2,(H,26,28)(H,27,29)(H,30,35)(H,31,36)(H,32,37)(H,33,34)(H,38,39). The van der Waals surface area contributed by atoms with Gasteiger partial charge < -0.3 is 47.6 Å². The number of H-pyrrole nitrogens is 2. The number of hydrogen-bond donors (Lipinski definition) is 9. The predicted molar refractivity (Wildman–Crippen MR) is 136 cm³/mol. The molecule has 0 saturated heterocycles. The van der Waals surface area contributed by atoms with Crippen molar-refractivity contribution in [1.82, 2.24) is 35.9 Å². The minimum Gasteiger partial charge on any atom is -0.481 e. The number of aliphatic carboxylic acids is 2. The number of carboxylic acids is 2. The fourth-order valence-corrected chi connectivity index (χ4v) is 3.64. The van der Waals surface area contributed by atoms with Crippen LogP contribution >= 0.6 is 0 Å². The summed E-state index contributed by atoms with van der Waals surface area (Å²) in [5.41, 5.74) is 12.3. The third kappa shape index (κ3) is 10.9. The van der Waals surface area contributed by atoms with Crippen molar-refractivity contribution in [2.75, 3.05) is 6.54 Å². The van der Waals surface area contributed by atoms with Crippen molar-refractivity contribution in [1.29, 1.82) is 0 Å². The number of aromatic nitrogens is 4. The first-order valence-electron chi connectivity index (χ1n) is 12.4. The van der Waals surface area contributed by atoms with Crippen molar-refractivity contribution in [3.05, 3.63) is 36.4 Å². The molecule has 214 valence electrons. The Morgan fingerprint density at radius 3 is 1.85 bits per heavy atom. The van der Waals surface area contributed by atoms with E-state index >= 15 is 0 Å². The first kappa shape index (κ1) is 30.9. The number of nitrogens with one attached hydrogen (secondary N) is 5. The van der Waals surface area contributed by atoms with Crippen LogP contribution in [0.1, 0.15) is 43.5 Å². The molecular weight excluding hydrogens is 514 g/mol. The molecule has 0 bridgehead atoms. The molecule has 0 spiro atoms. The Kier molecular flexibility index (Phi) is 12.5. The fraction of sp³-hybridized carbons (Fsp3) is 0.522. The van der Waals surface area contributed by atoms with Gasteiger partial charge in [-0.3, -0.25) is 19.2 Å². The zero-order chi connectivity index (χ0) is 28.8. The Bertz CT molecular complexity index is 1080. The number of carbonyl (C=O) groups excluding carboxylic acids is 3. The van der Waals surface area contributed by atoms with E-state index in [0.717, 1.165) is 0 Å². The van der Waals surface area contributed by atoms with Crippen LogP contribution in [0, 0.1) is 0 Å². The summed E-state index contributed by atoms with van der Waals surface area (Å²) in [6.07, 6.45) is 6.25. The molecule has 0 aliphatic rings. The van der Waals surface area contributed by atoms with Gasteiger partial charge >= 0.3 is 11.9 Å². The third-order valence-corrected chi connectivity index (χ3v) is 5.79. The van der Waals surface area contributed by atoms with Gasteiger partial charge in [-0.05, 0) is 25.8 Å². The topological polar surface area (TPSA) is 271 Å². The van der Waals surface area contributed by atoms with Crippen LogP contribution in [0.25, 0.3) is 0 Å². The SMILES string of the molecule is NCCCCC(N)C(=O)NC(CCC(=O)O)C(=O)NC(Cc1cnc[nH]1)C(=O)NC(Cc1cnc[nH]1)C(=O)O. The quantitative estimate of drug-likeness (QED) is 0.0898. The molecule has 3 amide bonds. The number of rotatable bonds is 18. The predicted octanol–water partition coefficient (Wildman–Crippen LogP) is -2.22. The molecule has 0 aliphatic heterocycles. The van der Waals surface area contributed by atoms with Gasteiger partial charge in [0.25, 0.3) is 0 Å². The van der Waals surface area contributed by atoms with Gasteiger partial charge in [0, 0.05) is 43.0 Å². The molecule has 0 saturated carbocycles. The third-order valence-electron chi connectivity index (χ3n) is 5.79. The Labute approximate surface area is 223 Å². The van der Waals surface area contributed by atoms with Gasteiger partial charge in [0.2, 0.25) is 17.7 Å². The number of carbonyl (C=O) groups is 5. The second-order valence-corrected chi connectivity index (χ2v) is 8.91. The first-order chi connectivity index (χ1) is 18.6. The number of nitrogens with zero attached hydrogens (tertiary/aromatic N) is 2. The minimum atomic E-state index is -1.34. The minimum absolute atomic E-state index is 0.0911. The summed E-state index contributed by atoms with van der Waals surface area (Å²) in [6, 6.07) is -4.89. The van der Waals surface area contributed by atoms with Crippen LogP contribution in [0.2, 0.25) is 0 Å². The summed E-state index contributed by atoms with van der Waals surface area (Å²) >= 11 is 0. The maximum absolute atomic E-state index is 13.2. The second kappa shape index (κ2) is 15.8. The highest BCUT2D eigenvalue weighted by molar-refractivity contribution is 5.94. The Morgan fingerprint density at radius 1 is 0.795 bits per heavy atom. The number of unbranched alkanes of at least 4 members (excludes halogenated alkanes) is 1. The number of hydrogen-bond acceptors (Lipinski definition) is 9. The molecule has 2 aromatic rings. The molecule has 0 radical (unpaired) electrons. The van der Waals surface area contributed by atoms with E-state index in [1.54, 1.807) is 0 Å². The molecule has 4 unspecified atom stereocenters. The summed E-state index contributed by atoms with van der Waals surface area (Å²) in [4.78, 5) is 75.1. The molecule has 16 heteroatoms. The highest BCUT2D eigenvalue weighted by Gasteiger charge is 2.31. The van der Waals surface area contributed by atoms with E-state index in [2.05, 4.69) is 35.9 Å². The lowest BCUT2D eigenvalue weighted by Crippen LogP contribution is -2.58. The van der Waals surface area contributed by atoms with Crippen LogP contribution in [-0.4, -0.2) is 90.5 Å². The van der Waals surface area contributed by atoms with Gasteiger partial charge in [0.15, 0.2) is 0 Å². The van der Waals surface area contributed by atoms with Gasteiger partial charge in [0.1, 0.15) is 18.1 Å².